The third-order valence-corrected chi connectivity index (χ3v) is 1.22. The summed E-state index contributed by atoms with van der Waals surface area (Å²) in [5.41, 5.74) is 7.71. The van der Waals surface area contributed by atoms with Crippen LogP contribution in [0.15, 0.2) is 0 Å². The van der Waals surface area contributed by atoms with Crippen molar-refractivity contribution in [2.75, 3.05) is 13.7 Å². The van der Waals surface area contributed by atoms with Gasteiger partial charge in [-0.2, -0.15) is 0 Å². The molecule has 0 amide bonds. The van der Waals surface area contributed by atoms with Crippen LogP contribution in [-0.2, 0) is 9.63 Å². The molecule has 0 rings (SSSR count). The van der Waals surface area contributed by atoms with Gasteiger partial charge in [0.1, 0.15) is 6.04 Å². The molecule has 66 valence electrons. The van der Waals surface area contributed by atoms with Crippen LogP contribution in [0, 0.1) is 0 Å². The lowest BCUT2D eigenvalue weighted by atomic mass is 10.2. The zero-order valence-electron chi connectivity index (χ0n) is 6.54. The first-order chi connectivity index (χ1) is 5.18. The molecule has 5 heteroatoms. The Bertz CT molecular complexity index is 118. The summed E-state index contributed by atoms with van der Waals surface area (Å²) in [7, 11) is 1.65. The van der Waals surface area contributed by atoms with Crippen molar-refractivity contribution in [3.8, 4) is 0 Å². The standard InChI is InChI=1S/C6H14N2O3/c1-8-11-4-2-3-5(7)6(9)10/h5,8H,2-4,7H2,1H3,(H,9,10)/t5-/m0/s1. The van der Waals surface area contributed by atoms with Crippen molar-refractivity contribution in [2.24, 2.45) is 5.73 Å². The van der Waals surface area contributed by atoms with Crippen LogP contribution in [0.2, 0.25) is 0 Å². The Balaban J connectivity index is 3.17. The van der Waals surface area contributed by atoms with Crippen LogP contribution in [-0.4, -0.2) is 30.8 Å². The van der Waals surface area contributed by atoms with Crippen LogP contribution in [0.3, 0.4) is 0 Å². The number of rotatable bonds is 6. The van der Waals surface area contributed by atoms with Gasteiger partial charge in [-0.3, -0.25) is 4.79 Å². The molecule has 11 heavy (non-hydrogen) atoms. The van der Waals surface area contributed by atoms with Crippen LogP contribution < -0.4 is 11.2 Å². The molecule has 0 saturated heterocycles. The van der Waals surface area contributed by atoms with Gasteiger partial charge in [0.2, 0.25) is 0 Å². The van der Waals surface area contributed by atoms with E-state index in [1.165, 1.54) is 0 Å². The van der Waals surface area contributed by atoms with Crippen molar-refractivity contribution in [1.29, 1.82) is 0 Å². The van der Waals surface area contributed by atoms with Gasteiger partial charge in [-0.25, -0.2) is 5.48 Å². The van der Waals surface area contributed by atoms with Crippen molar-refractivity contribution < 1.29 is 14.7 Å². The molecule has 0 saturated carbocycles. The maximum Gasteiger partial charge on any atom is 0.320 e. The highest BCUT2D eigenvalue weighted by Gasteiger charge is 2.09. The van der Waals surface area contributed by atoms with Crippen molar-refractivity contribution >= 4 is 5.97 Å². The Morgan fingerprint density at radius 1 is 1.82 bits per heavy atom. The van der Waals surface area contributed by atoms with E-state index in [9.17, 15) is 4.79 Å². The van der Waals surface area contributed by atoms with Gasteiger partial charge in [0.15, 0.2) is 0 Å². The zero-order valence-corrected chi connectivity index (χ0v) is 6.54. The van der Waals surface area contributed by atoms with E-state index in [4.69, 9.17) is 15.7 Å². The number of carbonyl (C=O) groups is 1. The zero-order chi connectivity index (χ0) is 8.69. The molecule has 0 aromatic rings. The van der Waals surface area contributed by atoms with Crippen LogP contribution in [0.5, 0.6) is 0 Å². The summed E-state index contributed by atoms with van der Waals surface area (Å²) < 4.78 is 0. The fourth-order valence-corrected chi connectivity index (χ4v) is 0.601. The van der Waals surface area contributed by atoms with Crippen LogP contribution >= 0.6 is 0 Å². The van der Waals surface area contributed by atoms with Crippen molar-refractivity contribution in [2.45, 2.75) is 18.9 Å². The van der Waals surface area contributed by atoms with E-state index in [0.717, 1.165) is 0 Å². The molecule has 0 aliphatic carbocycles. The second-order valence-corrected chi connectivity index (χ2v) is 2.14. The lowest BCUT2D eigenvalue weighted by Gasteiger charge is -2.05. The SMILES string of the molecule is CNOCCC[C@H](N)C(=O)O. The number of nitrogens with two attached hydrogens (primary N) is 1. The minimum Gasteiger partial charge on any atom is -0.480 e. The van der Waals surface area contributed by atoms with Crippen molar-refractivity contribution in [3.05, 3.63) is 0 Å². The number of nitrogens with one attached hydrogen (secondary N) is 1. The quantitative estimate of drug-likeness (QED) is 0.356. The van der Waals surface area contributed by atoms with Crippen LogP contribution in [0.1, 0.15) is 12.8 Å². The molecule has 5 nitrogen and oxygen atoms in total. The highest BCUT2D eigenvalue weighted by Crippen LogP contribution is 1.93. The van der Waals surface area contributed by atoms with Gasteiger partial charge in [-0.15, -0.1) is 0 Å². The molecule has 0 aromatic heterocycles. The number of carboxylic acid groups (broad SMARTS) is 1. The first-order valence-electron chi connectivity index (χ1n) is 3.45. The van der Waals surface area contributed by atoms with Gasteiger partial charge in [-0.1, -0.05) is 0 Å². The average Bonchev–Trinajstić information content (AvgIpc) is 1.97. The lowest BCUT2D eigenvalue weighted by Crippen LogP contribution is -2.30. The predicted octanol–water partition coefficient (Wildman–Crippen LogP) is -0.670. The Morgan fingerprint density at radius 2 is 2.45 bits per heavy atom. The maximum atomic E-state index is 10.2. The fraction of sp³-hybridized carbons (Fsp3) is 0.833. The van der Waals surface area contributed by atoms with Gasteiger partial charge in [-0.05, 0) is 12.8 Å². The number of carboxylic acids is 1. The van der Waals surface area contributed by atoms with E-state index in [1.807, 2.05) is 0 Å². The third-order valence-electron chi connectivity index (χ3n) is 1.22. The smallest absolute Gasteiger partial charge is 0.320 e. The van der Waals surface area contributed by atoms with E-state index < -0.39 is 12.0 Å². The molecular formula is C6H14N2O3. The average molecular weight is 162 g/mol. The van der Waals surface area contributed by atoms with Crippen molar-refractivity contribution in [1.82, 2.24) is 5.48 Å². The second-order valence-electron chi connectivity index (χ2n) is 2.14. The van der Waals surface area contributed by atoms with E-state index >= 15 is 0 Å². The highest BCUT2D eigenvalue weighted by atomic mass is 16.6. The Morgan fingerprint density at radius 3 is 2.91 bits per heavy atom. The first kappa shape index (κ1) is 10.3. The molecule has 1 atom stereocenters. The summed E-state index contributed by atoms with van der Waals surface area (Å²) in [6.07, 6.45) is 1.09. The molecule has 0 fully saturated rings. The lowest BCUT2D eigenvalue weighted by molar-refractivity contribution is -0.138. The van der Waals surface area contributed by atoms with E-state index in [0.29, 0.717) is 19.4 Å². The highest BCUT2D eigenvalue weighted by molar-refractivity contribution is 5.72. The summed E-state index contributed by atoms with van der Waals surface area (Å²) >= 11 is 0. The summed E-state index contributed by atoms with van der Waals surface area (Å²) in [5, 5.41) is 8.36. The monoisotopic (exact) mass is 162 g/mol. The molecule has 0 radical (unpaired) electrons. The number of hydroxylamine groups is 1. The molecule has 4 N–H and O–H groups in total. The molecule has 0 bridgehead atoms. The van der Waals surface area contributed by atoms with Crippen LogP contribution in [0.25, 0.3) is 0 Å². The summed E-state index contributed by atoms with van der Waals surface area (Å²) in [5.74, 6) is -0.963. The predicted molar refractivity (Wildman–Crippen MR) is 39.9 cm³/mol. The number of hydrogen-bond acceptors (Lipinski definition) is 4. The van der Waals surface area contributed by atoms with Gasteiger partial charge in [0, 0.05) is 7.05 Å². The molecular weight excluding hydrogens is 148 g/mol. The van der Waals surface area contributed by atoms with Crippen LogP contribution in [0.4, 0.5) is 0 Å². The molecule has 0 aliphatic heterocycles. The normalized spacial score (nSPS) is 12.9. The topological polar surface area (TPSA) is 84.6 Å². The van der Waals surface area contributed by atoms with E-state index in [2.05, 4.69) is 5.48 Å². The molecule has 0 aromatic carbocycles. The van der Waals surface area contributed by atoms with Gasteiger partial charge < -0.3 is 15.7 Å². The number of hydrogen-bond donors (Lipinski definition) is 3. The summed E-state index contributed by atoms with van der Waals surface area (Å²) in [6, 6.07) is -0.768. The van der Waals surface area contributed by atoms with Gasteiger partial charge in [0.05, 0.1) is 6.61 Å². The fourth-order valence-electron chi connectivity index (χ4n) is 0.601. The largest absolute Gasteiger partial charge is 0.480 e. The molecule has 0 heterocycles. The molecule has 0 unspecified atom stereocenters. The molecule has 0 spiro atoms. The minimum atomic E-state index is -0.963. The Hall–Kier alpha value is -0.650. The number of aliphatic carboxylic acids is 1. The third kappa shape index (κ3) is 5.78. The molecule has 0 aliphatic rings. The second kappa shape index (κ2) is 6.09. The van der Waals surface area contributed by atoms with Gasteiger partial charge in [0.25, 0.3) is 0 Å². The summed E-state index contributed by atoms with van der Waals surface area (Å²) in [6.45, 7) is 0.484. The minimum absolute atomic E-state index is 0.441. The first-order valence-corrected chi connectivity index (χ1v) is 3.45. The van der Waals surface area contributed by atoms with Crippen molar-refractivity contribution in [3.63, 3.8) is 0 Å². The van der Waals surface area contributed by atoms with E-state index in [-0.39, 0.29) is 0 Å². The summed E-state index contributed by atoms with van der Waals surface area (Å²) in [4.78, 5) is 14.9. The van der Waals surface area contributed by atoms with E-state index in [1.54, 1.807) is 7.05 Å². The Kier molecular flexibility index (Phi) is 5.73. The maximum absolute atomic E-state index is 10.2. The Labute approximate surface area is 65.5 Å². The van der Waals surface area contributed by atoms with Gasteiger partial charge >= 0.3 is 5.97 Å².